The lowest BCUT2D eigenvalue weighted by atomic mass is 10.1. The van der Waals surface area contributed by atoms with Gasteiger partial charge >= 0.3 is 5.92 Å². The van der Waals surface area contributed by atoms with Crippen LogP contribution in [0.4, 0.5) is 18.9 Å². The third-order valence-electron chi connectivity index (χ3n) is 4.31. The Morgan fingerprint density at radius 3 is 2.52 bits per heavy atom. The molecule has 8 heteroatoms. The Hall–Kier alpha value is -2.77. The van der Waals surface area contributed by atoms with E-state index in [9.17, 15) is 22.8 Å². The average molecular weight is 381 g/mol. The van der Waals surface area contributed by atoms with Gasteiger partial charge < -0.3 is 15.2 Å². The molecule has 1 heterocycles. The van der Waals surface area contributed by atoms with Crippen molar-refractivity contribution >= 4 is 17.5 Å². The van der Waals surface area contributed by atoms with Crippen molar-refractivity contribution in [1.82, 2.24) is 9.88 Å². The fourth-order valence-corrected chi connectivity index (χ4v) is 2.55. The summed E-state index contributed by atoms with van der Waals surface area (Å²) in [7, 11) is 1.33. The van der Waals surface area contributed by atoms with Crippen LogP contribution in [0.25, 0.3) is 0 Å². The van der Waals surface area contributed by atoms with E-state index in [-0.39, 0.29) is 11.3 Å². The molecule has 2 rings (SSSR count). The lowest BCUT2D eigenvalue weighted by Gasteiger charge is -2.21. The molecule has 146 valence electrons. The first-order valence-corrected chi connectivity index (χ1v) is 8.50. The molecule has 0 aliphatic rings. The molecule has 0 spiro atoms. The maximum Gasteiger partial charge on any atom is 0.364 e. The minimum absolute atomic E-state index is 0.265. The standard InChI is InChI=1S/C19H22F3N3O2/c1-5-12(3)23-18(27)19(21,22)16-14(8-9-25(16)4)17(26)24-13-6-7-15(20)11(2)10-13/h6-10,12H,5H2,1-4H3,(H,23,27)(H,24,26)/t12-/m0/s1. The van der Waals surface area contributed by atoms with E-state index in [0.29, 0.717) is 12.0 Å². The van der Waals surface area contributed by atoms with Crippen molar-refractivity contribution in [3.05, 3.63) is 53.1 Å². The number of carbonyl (C=O) groups excluding carboxylic acids is 2. The zero-order valence-electron chi connectivity index (χ0n) is 15.6. The van der Waals surface area contributed by atoms with Crippen LogP contribution in [0.5, 0.6) is 0 Å². The molecule has 0 aliphatic carbocycles. The largest absolute Gasteiger partial charge is 0.364 e. The van der Waals surface area contributed by atoms with Crippen LogP contribution < -0.4 is 10.6 Å². The van der Waals surface area contributed by atoms with Gasteiger partial charge in [0.1, 0.15) is 11.5 Å². The molecule has 2 N–H and O–H groups in total. The SMILES string of the molecule is CC[C@H](C)NC(=O)C(F)(F)c1c(C(=O)Nc2ccc(F)c(C)c2)ccn1C. The number of nitrogens with one attached hydrogen (secondary N) is 2. The maximum absolute atomic E-state index is 14.8. The second-order valence-corrected chi connectivity index (χ2v) is 6.46. The average Bonchev–Trinajstić information content (AvgIpc) is 3.00. The number of aryl methyl sites for hydroxylation is 2. The van der Waals surface area contributed by atoms with Gasteiger partial charge in [0, 0.05) is 25.0 Å². The number of amides is 2. The molecular weight excluding hydrogens is 359 g/mol. The maximum atomic E-state index is 14.8. The molecule has 0 bridgehead atoms. The molecule has 0 saturated heterocycles. The van der Waals surface area contributed by atoms with Crippen LogP contribution in [-0.2, 0) is 17.8 Å². The number of hydrogen-bond acceptors (Lipinski definition) is 2. The van der Waals surface area contributed by atoms with Gasteiger partial charge in [0.15, 0.2) is 0 Å². The van der Waals surface area contributed by atoms with Gasteiger partial charge in [-0.15, -0.1) is 0 Å². The highest BCUT2D eigenvalue weighted by Crippen LogP contribution is 2.32. The monoisotopic (exact) mass is 381 g/mol. The summed E-state index contributed by atoms with van der Waals surface area (Å²) in [6, 6.07) is 4.68. The van der Waals surface area contributed by atoms with Gasteiger partial charge in [-0.3, -0.25) is 9.59 Å². The van der Waals surface area contributed by atoms with E-state index in [1.165, 1.54) is 44.4 Å². The number of halogens is 3. The van der Waals surface area contributed by atoms with Gasteiger partial charge in [-0.2, -0.15) is 8.78 Å². The molecule has 1 atom stereocenters. The lowest BCUT2D eigenvalue weighted by Crippen LogP contribution is -2.44. The van der Waals surface area contributed by atoms with E-state index >= 15 is 0 Å². The summed E-state index contributed by atoms with van der Waals surface area (Å²) in [6.45, 7) is 4.89. The number of hydrogen-bond donors (Lipinski definition) is 2. The summed E-state index contributed by atoms with van der Waals surface area (Å²) in [5.41, 5.74) is -0.469. The Kier molecular flexibility index (Phi) is 5.98. The highest BCUT2D eigenvalue weighted by Gasteiger charge is 2.46. The van der Waals surface area contributed by atoms with Crippen molar-refractivity contribution in [1.29, 1.82) is 0 Å². The van der Waals surface area contributed by atoms with Crippen molar-refractivity contribution in [2.45, 2.75) is 39.2 Å². The minimum Gasteiger partial charge on any atom is -0.348 e. The number of nitrogens with zero attached hydrogens (tertiary/aromatic N) is 1. The summed E-state index contributed by atoms with van der Waals surface area (Å²) in [5, 5.41) is 4.70. The summed E-state index contributed by atoms with van der Waals surface area (Å²) < 4.78 is 43.9. The second kappa shape index (κ2) is 7.85. The first-order chi connectivity index (χ1) is 12.6. The summed E-state index contributed by atoms with van der Waals surface area (Å²) in [4.78, 5) is 24.6. The van der Waals surface area contributed by atoms with Crippen molar-refractivity contribution < 1.29 is 22.8 Å². The van der Waals surface area contributed by atoms with Gasteiger partial charge in [0.05, 0.1) is 5.56 Å². The molecule has 0 unspecified atom stereocenters. The number of aromatic nitrogens is 1. The molecule has 1 aromatic heterocycles. The topological polar surface area (TPSA) is 63.1 Å². The molecule has 0 radical (unpaired) electrons. The van der Waals surface area contributed by atoms with Crippen LogP contribution in [-0.4, -0.2) is 22.4 Å². The predicted molar refractivity (Wildman–Crippen MR) is 96.3 cm³/mol. The number of benzene rings is 1. The fourth-order valence-electron chi connectivity index (χ4n) is 2.55. The summed E-state index contributed by atoms with van der Waals surface area (Å²) in [6.07, 6.45) is 1.77. The van der Waals surface area contributed by atoms with Gasteiger partial charge in [0.25, 0.3) is 11.8 Å². The lowest BCUT2D eigenvalue weighted by molar-refractivity contribution is -0.148. The number of rotatable bonds is 6. The molecule has 2 amide bonds. The Labute approximate surface area is 155 Å². The van der Waals surface area contributed by atoms with E-state index in [1.807, 2.05) is 0 Å². The van der Waals surface area contributed by atoms with E-state index < -0.39 is 35.3 Å². The van der Waals surface area contributed by atoms with Crippen LogP contribution in [0.1, 0.15) is 41.9 Å². The number of carbonyl (C=O) groups is 2. The molecule has 27 heavy (non-hydrogen) atoms. The van der Waals surface area contributed by atoms with Crippen molar-refractivity contribution in [2.75, 3.05) is 5.32 Å². The predicted octanol–water partition coefficient (Wildman–Crippen LogP) is 3.73. The van der Waals surface area contributed by atoms with E-state index in [4.69, 9.17) is 0 Å². The number of alkyl halides is 2. The zero-order valence-corrected chi connectivity index (χ0v) is 15.6. The Morgan fingerprint density at radius 2 is 1.93 bits per heavy atom. The minimum atomic E-state index is -3.90. The Morgan fingerprint density at radius 1 is 1.26 bits per heavy atom. The van der Waals surface area contributed by atoms with Crippen LogP contribution in [0.2, 0.25) is 0 Å². The van der Waals surface area contributed by atoms with Crippen molar-refractivity contribution in [2.24, 2.45) is 7.05 Å². The first-order valence-electron chi connectivity index (χ1n) is 8.50. The summed E-state index contributed by atoms with van der Waals surface area (Å²) >= 11 is 0. The van der Waals surface area contributed by atoms with Gasteiger partial charge in [-0.25, -0.2) is 4.39 Å². The van der Waals surface area contributed by atoms with E-state index in [1.54, 1.807) is 13.8 Å². The normalized spacial score (nSPS) is 12.6. The third kappa shape index (κ3) is 4.32. The molecular formula is C19H22F3N3O2. The van der Waals surface area contributed by atoms with Crippen LogP contribution in [0.15, 0.2) is 30.5 Å². The van der Waals surface area contributed by atoms with Crippen molar-refractivity contribution in [3.8, 4) is 0 Å². The number of anilines is 1. The Balaban J connectivity index is 2.33. The molecule has 5 nitrogen and oxygen atoms in total. The molecule has 0 saturated carbocycles. The first kappa shape index (κ1) is 20.5. The zero-order chi connectivity index (χ0) is 20.4. The summed E-state index contributed by atoms with van der Waals surface area (Å²) in [5.74, 6) is -6.62. The smallest absolute Gasteiger partial charge is 0.348 e. The van der Waals surface area contributed by atoms with Crippen molar-refractivity contribution in [3.63, 3.8) is 0 Å². The molecule has 2 aromatic rings. The second-order valence-electron chi connectivity index (χ2n) is 6.46. The quantitative estimate of drug-likeness (QED) is 0.801. The van der Waals surface area contributed by atoms with Gasteiger partial charge in [0.2, 0.25) is 0 Å². The Bertz CT molecular complexity index is 862. The molecule has 0 aliphatic heterocycles. The fraction of sp³-hybridized carbons (Fsp3) is 0.368. The van der Waals surface area contributed by atoms with E-state index in [0.717, 1.165) is 4.57 Å². The van der Waals surface area contributed by atoms with Crippen LogP contribution >= 0.6 is 0 Å². The van der Waals surface area contributed by atoms with E-state index in [2.05, 4.69) is 10.6 Å². The molecule has 0 fully saturated rings. The van der Waals surface area contributed by atoms with Gasteiger partial charge in [-0.05, 0) is 50.1 Å². The van der Waals surface area contributed by atoms with Gasteiger partial charge in [-0.1, -0.05) is 6.92 Å². The van der Waals surface area contributed by atoms with Crippen LogP contribution in [0, 0.1) is 12.7 Å². The third-order valence-corrected chi connectivity index (χ3v) is 4.31. The molecule has 1 aromatic carbocycles. The highest BCUT2D eigenvalue weighted by molar-refractivity contribution is 6.06. The highest BCUT2D eigenvalue weighted by atomic mass is 19.3. The van der Waals surface area contributed by atoms with Crippen LogP contribution in [0.3, 0.4) is 0 Å².